The summed E-state index contributed by atoms with van der Waals surface area (Å²) in [5.41, 5.74) is 2.36. The van der Waals surface area contributed by atoms with Gasteiger partial charge in [-0.25, -0.2) is 0 Å². The van der Waals surface area contributed by atoms with Gasteiger partial charge in [0.15, 0.2) is 0 Å². The average Bonchev–Trinajstić information content (AvgIpc) is 2.34. The van der Waals surface area contributed by atoms with E-state index >= 15 is 0 Å². The van der Waals surface area contributed by atoms with E-state index in [2.05, 4.69) is 33.3 Å². The van der Waals surface area contributed by atoms with Crippen LogP contribution < -0.4 is 61.7 Å². The van der Waals surface area contributed by atoms with Crippen molar-refractivity contribution in [1.29, 1.82) is 0 Å². The van der Waals surface area contributed by atoms with Gasteiger partial charge in [0.25, 0.3) is 0 Å². The van der Waals surface area contributed by atoms with Crippen molar-refractivity contribution in [2.24, 2.45) is 0 Å². The van der Waals surface area contributed by atoms with Gasteiger partial charge in [0.2, 0.25) is 0 Å². The van der Waals surface area contributed by atoms with Crippen LogP contribution in [0.15, 0.2) is 24.4 Å². The van der Waals surface area contributed by atoms with Gasteiger partial charge in [-0.3, -0.25) is 0 Å². The Labute approximate surface area is 117 Å². The Hall–Kier alpha value is 0.826. The van der Waals surface area contributed by atoms with E-state index in [1.54, 1.807) is 0 Å². The molecular formula is C9H9KNP. The zero-order valence-electron chi connectivity index (χ0n) is 7.33. The number of nitrogens with zero attached hydrogens (tertiary/aromatic N) is 1. The first-order valence-electron chi connectivity index (χ1n) is 3.55. The molecule has 0 aliphatic carbocycles. The van der Waals surface area contributed by atoms with Crippen molar-refractivity contribution in [3.05, 3.63) is 30.0 Å². The van der Waals surface area contributed by atoms with Crippen LogP contribution in [0, 0.1) is 6.92 Å². The summed E-state index contributed by atoms with van der Waals surface area (Å²) in [4.78, 5) is 4.23. The van der Waals surface area contributed by atoms with Crippen LogP contribution in [0.25, 0.3) is 10.9 Å². The summed E-state index contributed by atoms with van der Waals surface area (Å²) in [5.74, 6) is 0. The molecule has 1 nitrogen and oxygen atoms in total. The third-order valence-electron chi connectivity index (χ3n) is 1.79. The maximum Gasteiger partial charge on any atom is 1.00 e. The summed E-state index contributed by atoms with van der Waals surface area (Å²) in [5, 5.41) is 2.47. The summed E-state index contributed by atoms with van der Waals surface area (Å²) < 4.78 is 0. The number of aryl methyl sites for hydroxylation is 1. The fraction of sp³-hybridized carbons (Fsp3) is 0.111. The molecule has 1 aromatic carbocycles. The van der Waals surface area contributed by atoms with Gasteiger partial charge in [-0.05, 0) is 17.6 Å². The largest absolute Gasteiger partial charge is 1.00 e. The first-order chi connectivity index (χ1) is 5.27. The third kappa shape index (κ3) is 2.01. The molecule has 1 heterocycles. The minimum absolute atomic E-state index is 0. The number of benzene rings is 1. The van der Waals surface area contributed by atoms with Gasteiger partial charge < -0.3 is 4.98 Å². The molecule has 0 amide bonds. The molecule has 12 heavy (non-hydrogen) atoms. The quantitative estimate of drug-likeness (QED) is 0.378. The fourth-order valence-corrected chi connectivity index (χ4v) is 1.79. The molecule has 0 fully saturated rings. The molecule has 0 spiro atoms. The van der Waals surface area contributed by atoms with Gasteiger partial charge in [-0.15, -0.1) is 14.8 Å². The molecule has 0 radical (unpaired) electrons. The Morgan fingerprint density at radius 2 is 2.08 bits per heavy atom. The molecule has 2 aromatic rings. The molecule has 56 valence electrons. The minimum atomic E-state index is 0. The second-order valence-electron chi connectivity index (χ2n) is 2.73. The first kappa shape index (κ1) is 10.9. The molecule has 1 unspecified atom stereocenters. The second kappa shape index (κ2) is 4.36. The predicted octanol–water partition coefficient (Wildman–Crippen LogP) is -1.39. The molecule has 1 aromatic heterocycles. The number of rotatable bonds is 0. The Morgan fingerprint density at radius 3 is 2.83 bits per heavy atom. The van der Waals surface area contributed by atoms with Crippen molar-refractivity contribution in [3.8, 4) is 0 Å². The van der Waals surface area contributed by atoms with E-state index in [-0.39, 0.29) is 51.4 Å². The van der Waals surface area contributed by atoms with Gasteiger partial charge >= 0.3 is 51.4 Å². The summed E-state index contributed by atoms with van der Waals surface area (Å²) in [7, 11) is 2.73. The third-order valence-corrected chi connectivity index (χ3v) is 2.27. The number of fused-ring (bicyclic) bond motifs is 1. The fourth-order valence-electron chi connectivity index (χ4n) is 1.29. The molecule has 0 bridgehead atoms. The van der Waals surface area contributed by atoms with Gasteiger partial charge in [-0.2, -0.15) is 6.20 Å². The second-order valence-corrected chi connectivity index (χ2v) is 3.35. The number of hydrogen-bond donors (Lipinski definition) is 0. The SMILES string of the molecule is Cc1cc(P)c2cc[n-]c2c1.[K+]. The molecule has 3 heteroatoms. The Balaban J connectivity index is 0.000000720. The van der Waals surface area contributed by atoms with Crippen molar-refractivity contribution in [2.75, 3.05) is 0 Å². The standard InChI is InChI=1S/C9H9NP.K/c1-6-4-8-7(2-3-10-8)9(11)5-6;/h2-5H,11H2,1H3;/q-1;+1. The van der Waals surface area contributed by atoms with Crippen LogP contribution in [0.2, 0.25) is 0 Å². The van der Waals surface area contributed by atoms with E-state index in [4.69, 9.17) is 0 Å². The maximum atomic E-state index is 4.23. The summed E-state index contributed by atoms with van der Waals surface area (Å²) >= 11 is 0. The van der Waals surface area contributed by atoms with Gasteiger partial charge in [-0.1, -0.05) is 23.8 Å². The molecule has 0 aliphatic rings. The first-order valence-corrected chi connectivity index (χ1v) is 4.12. The van der Waals surface area contributed by atoms with E-state index in [0.29, 0.717) is 0 Å². The van der Waals surface area contributed by atoms with Crippen LogP contribution in [0.4, 0.5) is 0 Å². The van der Waals surface area contributed by atoms with E-state index < -0.39 is 0 Å². The maximum absolute atomic E-state index is 4.23. The molecule has 0 saturated heterocycles. The van der Waals surface area contributed by atoms with E-state index in [9.17, 15) is 0 Å². The molecule has 0 N–H and O–H groups in total. The van der Waals surface area contributed by atoms with Crippen LogP contribution >= 0.6 is 9.24 Å². The van der Waals surface area contributed by atoms with Crippen molar-refractivity contribution in [2.45, 2.75) is 6.92 Å². The molecule has 1 atom stereocenters. The van der Waals surface area contributed by atoms with Gasteiger partial charge in [0, 0.05) is 0 Å². The zero-order chi connectivity index (χ0) is 7.84. The van der Waals surface area contributed by atoms with Crippen molar-refractivity contribution >= 4 is 25.4 Å². The van der Waals surface area contributed by atoms with Crippen LogP contribution in [-0.2, 0) is 0 Å². The van der Waals surface area contributed by atoms with Crippen LogP contribution in [0.1, 0.15) is 5.56 Å². The van der Waals surface area contributed by atoms with Crippen LogP contribution in [0.5, 0.6) is 0 Å². The number of aromatic nitrogens is 1. The van der Waals surface area contributed by atoms with Crippen LogP contribution in [0.3, 0.4) is 0 Å². The average molecular weight is 201 g/mol. The molecular weight excluding hydrogens is 192 g/mol. The molecule has 2 rings (SSSR count). The topological polar surface area (TPSA) is 14.1 Å². The van der Waals surface area contributed by atoms with Crippen molar-refractivity contribution in [3.63, 3.8) is 0 Å². The van der Waals surface area contributed by atoms with E-state index in [1.807, 2.05) is 12.3 Å². The Kier molecular flexibility index (Phi) is 3.96. The van der Waals surface area contributed by atoms with Crippen molar-refractivity contribution in [1.82, 2.24) is 4.98 Å². The number of hydrogen-bond acceptors (Lipinski definition) is 0. The summed E-state index contributed by atoms with van der Waals surface area (Å²) in [6.45, 7) is 2.08. The van der Waals surface area contributed by atoms with Crippen molar-refractivity contribution < 1.29 is 51.4 Å². The monoisotopic (exact) mass is 201 g/mol. The van der Waals surface area contributed by atoms with E-state index in [1.165, 1.54) is 16.3 Å². The van der Waals surface area contributed by atoms with Crippen LogP contribution in [-0.4, -0.2) is 0 Å². The van der Waals surface area contributed by atoms with E-state index in [0.717, 1.165) is 5.52 Å². The normalized spacial score (nSPS) is 9.83. The van der Waals surface area contributed by atoms with Gasteiger partial charge in [0.1, 0.15) is 0 Å². The minimum Gasteiger partial charge on any atom is -0.664 e. The summed E-state index contributed by atoms with van der Waals surface area (Å²) in [6, 6.07) is 6.29. The van der Waals surface area contributed by atoms with Gasteiger partial charge in [0.05, 0.1) is 0 Å². The smallest absolute Gasteiger partial charge is 0.664 e. The zero-order valence-corrected chi connectivity index (χ0v) is 11.6. The predicted molar refractivity (Wildman–Crippen MR) is 51.3 cm³/mol. The Morgan fingerprint density at radius 1 is 1.33 bits per heavy atom. The Bertz CT molecular complexity index is 394. The molecule has 0 aliphatic heterocycles. The summed E-state index contributed by atoms with van der Waals surface area (Å²) in [6.07, 6.45) is 1.84. The molecule has 0 saturated carbocycles.